The van der Waals surface area contributed by atoms with E-state index in [-0.39, 0.29) is 5.41 Å². The van der Waals surface area contributed by atoms with Crippen molar-refractivity contribution < 1.29 is 5.11 Å². The number of phenolic OH excluding ortho intramolecular Hbond substituents is 1. The molecule has 1 aromatic rings. The van der Waals surface area contributed by atoms with E-state index in [4.69, 9.17) is 0 Å². The van der Waals surface area contributed by atoms with Crippen LogP contribution in [0, 0.1) is 0 Å². The summed E-state index contributed by atoms with van der Waals surface area (Å²) in [5, 5.41) is 10.4. The first kappa shape index (κ1) is 19.0. The number of hydrogen-bond acceptors (Lipinski definition) is 2. The number of rotatable bonds is 3. The van der Waals surface area contributed by atoms with E-state index in [1.807, 2.05) is 13.8 Å². The van der Waals surface area contributed by atoms with Gasteiger partial charge in [0.05, 0.1) is 0 Å². The molecule has 0 bridgehead atoms. The molecule has 0 amide bonds. The Kier molecular flexibility index (Phi) is 7.29. The summed E-state index contributed by atoms with van der Waals surface area (Å²) in [5.41, 5.74) is 3.34. The lowest BCUT2D eigenvalue weighted by atomic mass is 9.82. The van der Waals surface area contributed by atoms with Crippen LogP contribution < -0.4 is 0 Å². The van der Waals surface area contributed by atoms with Crippen molar-refractivity contribution in [2.24, 2.45) is 0 Å². The molecule has 0 fully saturated rings. The maximum absolute atomic E-state index is 10.4. The summed E-state index contributed by atoms with van der Waals surface area (Å²) in [6, 6.07) is 4.27. The van der Waals surface area contributed by atoms with Crippen LogP contribution in [0.3, 0.4) is 0 Å². The van der Waals surface area contributed by atoms with Crippen molar-refractivity contribution in [2.45, 2.75) is 66.3 Å². The minimum atomic E-state index is -0.0317. The smallest absolute Gasteiger partial charge is 0.122 e. The van der Waals surface area contributed by atoms with Crippen LogP contribution in [0.1, 0.15) is 71.1 Å². The van der Waals surface area contributed by atoms with Crippen LogP contribution in [0.4, 0.5) is 0 Å². The molecule has 1 aromatic carbocycles. The fourth-order valence-corrected chi connectivity index (χ4v) is 2.19. The van der Waals surface area contributed by atoms with E-state index in [1.165, 1.54) is 5.56 Å². The zero-order valence-corrected chi connectivity index (χ0v) is 14.8. The Hall–Kier alpha value is -1.02. The second-order valence-corrected chi connectivity index (χ2v) is 6.72. The van der Waals surface area contributed by atoms with Gasteiger partial charge in [0.15, 0.2) is 0 Å². The van der Waals surface area contributed by atoms with Crippen LogP contribution in [0.5, 0.6) is 5.75 Å². The van der Waals surface area contributed by atoms with Gasteiger partial charge in [-0.2, -0.15) is 0 Å². The third kappa shape index (κ3) is 5.16. The highest BCUT2D eigenvalue weighted by Crippen LogP contribution is 2.37. The molecule has 0 atom stereocenters. The lowest BCUT2D eigenvalue weighted by molar-refractivity contribution is 0.398. The zero-order chi connectivity index (χ0) is 16.1. The Morgan fingerprint density at radius 3 is 1.95 bits per heavy atom. The van der Waals surface area contributed by atoms with E-state index < -0.39 is 0 Å². The van der Waals surface area contributed by atoms with Gasteiger partial charge in [0.2, 0.25) is 0 Å². The van der Waals surface area contributed by atoms with Crippen LogP contribution in [-0.4, -0.2) is 24.1 Å². The number of benzene rings is 1. The first-order valence-electron chi connectivity index (χ1n) is 7.64. The molecule has 0 radical (unpaired) electrons. The predicted octanol–water partition coefficient (Wildman–Crippen LogP) is 4.90. The van der Waals surface area contributed by atoms with Crippen molar-refractivity contribution in [2.75, 3.05) is 14.1 Å². The standard InChI is InChI=1S/C16H27NO.C2H6/c1-11(2)13-8-12(10-17(6)7)9-14(15(13)18)16(3,4)5;1-2/h8-9,11,18H,10H2,1-7H3;1-2H3. The Morgan fingerprint density at radius 2 is 1.60 bits per heavy atom. The van der Waals surface area contributed by atoms with Crippen molar-refractivity contribution in [1.29, 1.82) is 0 Å². The van der Waals surface area contributed by atoms with Crippen LogP contribution in [0.25, 0.3) is 0 Å². The van der Waals surface area contributed by atoms with Gasteiger partial charge >= 0.3 is 0 Å². The molecule has 0 aliphatic carbocycles. The lowest BCUT2D eigenvalue weighted by Gasteiger charge is -2.25. The quantitative estimate of drug-likeness (QED) is 0.850. The summed E-state index contributed by atoms with van der Waals surface area (Å²) in [5.74, 6) is 0.813. The molecule has 2 heteroatoms. The summed E-state index contributed by atoms with van der Waals surface area (Å²) >= 11 is 0. The molecule has 0 heterocycles. The van der Waals surface area contributed by atoms with Gasteiger partial charge in [0.25, 0.3) is 0 Å². The minimum absolute atomic E-state index is 0.0317. The number of hydrogen-bond donors (Lipinski definition) is 1. The van der Waals surface area contributed by atoms with Crippen LogP contribution >= 0.6 is 0 Å². The van der Waals surface area contributed by atoms with Crippen LogP contribution in [0.2, 0.25) is 0 Å². The molecule has 0 aromatic heterocycles. The molecule has 0 unspecified atom stereocenters. The number of nitrogens with zero attached hydrogens (tertiary/aromatic N) is 1. The number of aromatic hydroxyl groups is 1. The van der Waals surface area contributed by atoms with E-state index in [0.29, 0.717) is 11.7 Å². The second-order valence-electron chi connectivity index (χ2n) is 6.72. The van der Waals surface area contributed by atoms with Crippen molar-refractivity contribution in [3.63, 3.8) is 0 Å². The molecule has 0 saturated heterocycles. The van der Waals surface area contributed by atoms with Crippen LogP contribution in [0.15, 0.2) is 12.1 Å². The highest BCUT2D eigenvalue weighted by atomic mass is 16.3. The monoisotopic (exact) mass is 279 g/mol. The molecule has 116 valence electrons. The van der Waals surface area contributed by atoms with E-state index in [2.05, 4.69) is 65.7 Å². The third-order valence-electron chi connectivity index (χ3n) is 3.13. The van der Waals surface area contributed by atoms with Gasteiger partial charge in [-0.25, -0.2) is 0 Å². The molecule has 1 rings (SSSR count). The number of phenols is 1. The van der Waals surface area contributed by atoms with Gasteiger partial charge in [0.1, 0.15) is 5.75 Å². The van der Waals surface area contributed by atoms with E-state index >= 15 is 0 Å². The summed E-state index contributed by atoms with van der Waals surface area (Å²) in [4.78, 5) is 2.16. The summed E-state index contributed by atoms with van der Waals surface area (Å²) < 4.78 is 0. The maximum atomic E-state index is 10.4. The van der Waals surface area contributed by atoms with E-state index in [1.54, 1.807) is 0 Å². The second kappa shape index (κ2) is 7.68. The van der Waals surface area contributed by atoms with Gasteiger partial charge in [-0.3, -0.25) is 0 Å². The first-order valence-corrected chi connectivity index (χ1v) is 7.64. The summed E-state index contributed by atoms with van der Waals surface area (Å²) in [6.07, 6.45) is 0. The summed E-state index contributed by atoms with van der Waals surface area (Å²) in [6.45, 7) is 15.6. The lowest BCUT2D eigenvalue weighted by Crippen LogP contribution is -2.16. The Bertz CT molecular complexity index is 414. The Balaban J connectivity index is 0.00000172. The molecule has 20 heavy (non-hydrogen) atoms. The molecular formula is C18H33NO. The average Bonchev–Trinajstić information content (AvgIpc) is 2.31. The first-order chi connectivity index (χ1) is 9.12. The SMILES string of the molecule is CC.CC(C)c1cc(CN(C)C)cc(C(C)(C)C)c1O. The fourth-order valence-electron chi connectivity index (χ4n) is 2.19. The van der Waals surface area contributed by atoms with Crippen LogP contribution in [-0.2, 0) is 12.0 Å². The fraction of sp³-hybridized carbons (Fsp3) is 0.667. The van der Waals surface area contributed by atoms with Crippen molar-refractivity contribution >= 4 is 0 Å². The highest BCUT2D eigenvalue weighted by molar-refractivity contribution is 5.48. The van der Waals surface area contributed by atoms with Gasteiger partial charge in [0, 0.05) is 6.54 Å². The van der Waals surface area contributed by atoms with Gasteiger partial charge in [-0.05, 0) is 42.1 Å². The largest absolute Gasteiger partial charge is 0.507 e. The highest BCUT2D eigenvalue weighted by Gasteiger charge is 2.22. The average molecular weight is 279 g/mol. The summed E-state index contributed by atoms with van der Waals surface area (Å²) in [7, 11) is 4.14. The molecule has 1 N–H and O–H groups in total. The zero-order valence-electron chi connectivity index (χ0n) is 14.8. The molecule has 0 aliphatic rings. The molecular weight excluding hydrogens is 246 g/mol. The van der Waals surface area contributed by atoms with E-state index in [0.717, 1.165) is 17.7 Å². The van der Waals surface area contributed by atoms with Crippen molar-refractivity contribution in [3.05, 3.63) is 28.8 Å². The van der Waals surface area contributed by atoms with Gasteiger partial charge < -0.3 is 10.0 Å². The predicted molar refractivity (Wildman–Crippen MR) is 89.6 cm³/mol. The molecule has 0 saturated carbocycles. The normalized spacial score (nSPS) is 11.6. The van der Waals surface area contributed by atoms with Gasteiger partial charge in [-0.15, -0.1) is 0 Å². The molecule has 0 aliphatic heterocycles. The Morgan fingerprint density at radius 1 is 1.10 bits per heavy atom. The van der Waals surface area contributed by atoms with Gasteiger partial charge in [-0.1, -0.05) is 60.6 Å². The molecule has 2 nitrogen and oxygen atoms in total. The van der Waals surface area contributed by atoms with E-state index in [9.17, 15) is 5.11 Å². The van der Waals surface area contributed by atoms with Crippen molar-refractivity contribution in [3.8, 4) is 5.75 Å². The van der Waals surface area contributed by atoms with Crippen molar-refractivity contribution in [1.82, 2.24) is 4.90 Å². The topological polar surface area (TPSA) is 23.5 Å². The third-order valence-corrected chi connectivity index (χ3v) is 3.13. The maximum Gasteiger partial charge on any atom is 0.122 e. The Labute approximate surface area is 125 Å². The molecule has 0 spiro atoms. The minimum Gasteiger partial charge on any atom is -0.507 e.